The van der Waals surface area contributed by atoms with E-state index in [1.54, 1.807) is 13.8 Å². The van der Waals surface area contributed by atoms with Crippen LogP contribution >= 0.6 is 11.8 Å². The Morgan fingerprint density at radius 1 is 1.33 bits per heavy atom. The molecule has 1 N–H and O–H groups in total. The highest BCUT2D eigenvalue weighted by molar-refractivity contribution is 8.00. The quantitative estimate of drug-likeness (QED) is 0.590. The van der Waals surface area contributed by atoms with Gasteiger partial charge in [-0.05, 0) is 32.8 Å². The number of pyridine rings is 1. The zero-order valence-corrected chi connectivity index (χ0v) is 16.3. The van der Waals surface area contributed by atoms with Gasteiger partial charge in [0, 0.05) is 0 Å². The number of rotatable bonds is 6. The summed E-state index contributed by atoms with van der Waals surface area (Å²) < 4.78 is 4.96. The third kappa shape index (κ3) is 5.21. The molecule has 1 aromatic heterocycles. The fourth-order valence-corrected chi connectivity index (χ4v) is 3.85. The minimum Gasteiger partial charge on any atom is -0.462 e. The van der Waals surface area contributed by atoms with Crippen molar-refractivity contribution in [3.05, 3.63) is 22.9 Å². The molecule has 0 atom stereocenters. The number of hydrogen-bond acceptors (Lipinski definition) is 7. The molecule has 2 rings (SSSR count). The van der Waals surface area contributed by atoms with E-state index in [-0.39, 0.29) is 29.4 Å². The Balaban J connectivity index is 2.08. The third-order valence-electron chi connectivity index (χ3n) is 4.43. The Kier molecular flexibility index (Phi) is 7.20. The maximum atomic E-state index is 12.3. The summed E-state index contributed by atoms with van der Waals surface area (Å²) in [6, 6.07) is 5.70. The first-order chi connectivity index (χ1) is 12.9. The van der Waals surface area contributed by atoms with Crippen LogP contribution in [-0.2, 0) is 9.53 Å². The molecular weight excluding hydrogens is 364 g/mol. The van der Waals surface area contributed by atoms with Gasteiger partial charge >= 0.3 is 5.97 Å². The molecule has 1 saturated carbocycles. The lowest BCUT2D eigenvalue weighted by Gasteiger charge is -2.31. The molecule has 0 radical (unpaired) electrons. The lowest BCUT2D eigenvalue weighted by Crippen LogP contribution is -2.49. The summed E-state index contributed by atoms with van der Waals surface area (Å²) in [7, 11) is 0. The second-order valence-electron chi connectivity index (χ2n) is 6.40. The Morgan fingerprint density at radius 3 is 2.63 bits per heavy atom. The fraction of sp³-hybridized carbons (Fsp3) is 0.526. The number of hydrogen-bond donors (Lipinski definition) is 1. The number of carbonyl (C=O) groups is 2. The molecular formula is C19H22N4O3S. The van der Waals surface area contributed by atoms with Crippen molar-refractivity contribution >= 4 is 23.6 Å². The molecule has 0 bridgehead atoms. The van der Waals surface area contributed by atoms with Crippen molar-refractivity contribution in [2.24, 2.45) is 0 Å². The smallest absolute Gasteiger partial charge is 0.340 e. The topological polar surface area (TPSA) is 116 Å². The zero-order chi connectivity index (χ0) is 19.9. The number of aromatic nitrogens is 1. The lowest BCUT2D eigenvalue weighted by molar-refractivity contribution is -0.120. The van der Waals surface area contributed by atoms with E-state index >= 15 is 0 Å². The van der Waals surface area contributed by atoms with Gasteiger partial charge in [-0.15, -0.1) is 0 Å². The molecule has 0 spiro atoms. The van der Waals surface area contributed by atoms with Crippen molar-refractivity contribution in [3.8, 4) is 12.1 Å². The predicted octanol–water partition coefficient (Wildman–Crippen LogP) is 2.87. The first kappa shape index (κ1) is 20.7. The highest BCUT2D eigenvalue weighted by Crippen LogP contribution is 2.28. The normalized spacial score (nSPS) is 15.3. The van der Waals surface area contributed by atoms with Gasteiger partial charge in [0.1, 0.15) is 16.6 Å². The molecule has 1 amide bonds. The van der Waals surface area contributed by atoms with E-state index in [1.807, 2.05) is 6.07 Å². The summed E-state index contributed by atoms with van der Waals surface area (Å²) in [5.74, 6) is -0.744. The number of thioether (sulfide) groups is 1. The van der Waals surface area contributed by atoms with E-state index in [4.69, 9.17) is 4.74 Å². The summed E-state index contributed by atoms with van der Waals surface area (Å²) >= 11 is 1.12. The number of nitrogens with one attached hydrogen (secondary N) is 1. The van der Waals surface area contributed by atoms with Crippen LogP contribution in [0.25, 0.3) is 0 Å². The van der Waals surface area contributed by atoms with Gasteiger partial charge in [-0.25, -0.2) is 9.78 Å². The number of carbonyl (C=O) groups excluding carboxylic acids is 2. The van der Waals surface area contributed by atoms with Crippen LogP contribution in [0.5, 0.6) is 0 Å². The van der Waals surface area contributed by atoms with Crippen LogP contribution in [0, 0.1) is 29.6 Å². The van der Waals surface area contributed by atoms with E-state index in [0.717, 1.165) is 31.0 Å². The van der Waals surface area contributed by atoms with E-state index in [9.17, 15) is 20.1 Å². The summed E-state index contributed by atoms with van der Waals surface area (Å²) in [4.78, 5) is 28.6. The maximum Gasteiger partial charge on any atom is 0.340 e. The molecule has 1 aliphatic rings. The van der Waals surface area contributed by atoms with Crippen molar-refractivity contribution < 1.29 is 14.3 Å². The molecule has 7 nitrogen and oxygen atoms in total. The van der Waals surface area contributed by atoms with Crippen LogP contribution < -0.4 is 5.32 Å². The first-order valence-corrected chi connectivity index (χ1v) is 9.87. The molecule has 1 heterocycles. The Hall–Kier alpha value is -2.58. The van der Waals surface area contributed by atoms with E-state index in [0.29, 0.717) is 23.6 Å². The van der Waals surface area contributed by atoms with Crippen LogP contribution in [0.4, 0.5) is 0 Å². The molecule has 0 saturated heterocycles. The second kappa shape index (κ2) is 9.38. The molecule has 1 aliphatic carbocycles. The Bertz CT molecular complexity index is 804. The van der Waals surface area contributed by atoms with Gasteiger partial charge < -0.3 is 10.1 Å². The van der Waals surface area contributed by atoms with Crippen LogP contribution in [0.3, 0.4) is 0 Å². The minimum atomic E-state index is -0.787. The third-order valence-corrected chi connectivity index (χ3v) is 5.42. The Labute approximate surface area is 163 Å². The molecule has 0 unspecified atom stereocenters. The van der Waals surface area contributed by atoms with Crippen molar-refractivity contribution in [1.82, 2.24) is 10.3 Å². The lowest BCUT2D eigenvalue weighted by atomic mass is 9.83. The first-order valence-electron chi connectivity index (χ1n) is 8.88. The number of amides is 1. The standard InChI is InChI=1S/C19H22N4O3S/c1-3-26-18(25)15-9-14(10-20)17(22-13(15)2)27-11-16(24)23-19(12-21)7-5-4-6-8-19/h9H,3-8,11H2,1-2H3,(H,23,24). The highest BCUT2D eigenvalue weighted by atomic mass is 32.2. The van der Waals surface area contributed by atoms with Crippen molar-refractivity contribution in [3.63, 3.8) is 0 Å². The monoisotopic (exact) mass is 386 g/mol. The van der Waals surface area contributed by atoms with Gasteiger partial charge in [0.2, 0.25) is 5.91 Å². The van der Waals surface area contributed by atoms with E-state index in [1.165, 1.54) is 6.07 Å². The second-order valence-corrected chi connectivity index (χ2v) is 7.36. The molecule has 142 valence electrons. The molecule has 27 heavy (non-hydrogen) atoms. The van der Waals surface area contributed by atoms with Gasteiger partial charge in [0.15, 0.2) is 0 Å². The van der Waals surface area contributed by atoms with Crippen LogP contribution in [0.1, 0.15) is 60.6 Å². The number of nitriles is 2. The SMILES string of the molecule is CCOC(=O)c1cc(C#N)c(SCC(=O)NC2(C#N)CCCCC2)nc1C. The van der Waals surface area contributed by atoms with Crippen molar-refractivity contribution in [1.29, 1.82) is 10.5 Å². The summed E-state index contributed by atoms with van der Waals surface area (Å²) in [6.45, 7) is 3.59. The molecule has 1 fully saturated rings. The predicted molar refractivity (Wildman–Crippen MR) is 99.9 cm³/mol. The van der Waals surface area contributed by atoms with Gasteiger partial charge in [-0.2, -0.15) is 10.5 Å². The van der Waals surface area contributed by atoms with Crippen LogP contribution in [0.2, 0.25) is 0 Å². The minimum absolute atomic E-state index is 0.0449. The number of aryl methyl sites for hydroxylation is 1. The number of ether oxygens (including phenoxy) is 1. The van der Waals surface area contributed by atoms with Gasteiger partial charge in [0.25, 0.3) is 0 Å². The highest BCUT2D eigenvalue weighted by Gasteiger charge is 2.33. The van der Waals surface area contributed by atoms with E-state index < -0.39 is 11.5 Å². The van der Waals surface area contributed by atoms with Gasteiger partial charge in [-0.1, -0.05) is 31.0 Å². The van der Waals surface area contributed by atoms with Crippen molar-refractivity contribution in [2.45, 2.75) is 56.5 Å². The summed E-state index contributed by atoms with van der Waals surface area (Å²) in [5.41, 5.74) is 0.114. The van der Waals surface area contributed by atoms with Gasteiger partial charge in [-0.3, -0.25) is 4.79 Å². The van der Waals surface area contributed by atoms with Gasteiger partial charge in [0.05, 0.1) is 35.2 Å². The molecule has 0 aromatic carbocycles. The molecule has 0 aliphatic heterocycles. The average molecular weight is 386 g/mol. The number of nitrogens with zero attached hydrogens (tertiary/aromatic N) is 3. The molecule has 1 aromatic rings. The number of esters is 1. The van der Waals surface area contributed by atoms with Crippen LogP contribution in [0.15, 0.2) is 11.1 Å². The van der Waals surface area contributed by atoms with Crippen LogP contribution in [-0.4, -0.2) is 34.8 Å². The largest absolute Gasteiger partial charge is 0.462 e. The molecule has 8 heteroatoms. The fourth-order valence-electron chi connectivity index (χ4n) is 3.05. The summed E-state index contributed by atoms with van der Waals surface area (Å²) in [6.07, 6.45) is 4.25. The maximum absolute atomic E-state index is 12.3. The average Bonchev–Trinajstić information content (AvgIpc) is 2.67. The van der Waals surface area contributed by atoms with E-state index in [2.05, 4.69) is 16.4 Å². The summed E-state index contributed by atoms with van der Waals surface area (Å²) in [5, 5.41) is 22.0. The zero-order valence-electron chi connectivity index (χ0n) is 15.5. The van der Waals surface area contributed by atoms with Crippen molar-refractivity contribution in [2.75, 3.05) is 12.4 Å². The Morgan fingerprint density at radius 2 is 2.04 bits per heavy atom.